The van der Waals surface area contributed by atoms with Crippen molar-refractivity contribution in [2.45, 2.75) is 66.7 Å². The van der Waals surface area contributed by atoms with Gasteiger partial charge in [-0.15, -0.1) is 0 Å². The third-order valence-electron chi connectivity index (χ3n) is 3.36. The van der Waals surface area contributed by atoms with Gasteiger partial charge in [-0.1, -0.05) is 47.5 Å². The highest BCUT2D eigenvalue weighted by molar-refractivity contribution is 4.80. The van der Waals surface area contributed by atoms with Gasteiger partial charge in [0.15, 0.2) is 0 Å². The van der Waals surface area contributed by atoms with Crippen LogP contribution < -0.4 is 0 Å². The highest BCUT2D eigenvalue weighted by Gasteiger charge is 2.27. The second-order valence-electron chi connectivity index (χ2n) is 7.59. The van der Waals surface area contributed by atoms with Crippen molar-refractivity contribution in [3.63, 3.8) is 0 Å². The highest BCUT2D eigenvalue weighted by atomic mass is 15.1. The van der Waals surface area contributed by atoms with Crippen LogP contribution in [0.3, 0.4) is 0 Å². The maximum Gasteiger partial charge on any atom is 0.00329 e. The minimum Gasteiger partial charge on any atom is -0.303 e. The molecule has 1 aliphatic rings. The molecule has 0 atom stereocenters. The summed E-state index contributed by atoms with van der Waals surface area (Å²) in [5.74, 6) is 0. The first-order valence-electron chi connectivity index (χ1n) is 7.01. The van der Waals surface area contributed by atoms with E-state index in [-0.39, 0.29) is 0 Å². The van der Waals surface area contributed by atoms with Gasteiger partial charge in [-0.3, -0.25) is 0 Å². The summed E-state index contributed by atoms with van der Waals surface area (Å²) >= 11 is 0. The first kappa shape index (κ1) is 14.0. The molecule has 0 aromatic rings. The highest BCUT2D eigenvalue weighted by Crippen LogP contribution is 2.34. The fraction of sp³-hybridized carbons (Fsp3) is 1.00. The molecule has 0 aliphatic carbocycles. The first-order chi connectivity index (χ1) is 7.29. The van der Waals surface area contributed by atoms with Crippen LogP contribution in [0.1, 0.15) is 66.7 Å². The topological polar surface area (TPSA) is 3.24 Å². The molecule has 1 heterocycles. The van der Waals surface area contributed by atoms with E-state index in [1.54, 1.807) is 0 Å². The number of nitrogens with zero attached hydrogens (tertiary/aromatic N) is 1. The number of hydrogen-bond acceptors (Lipinski definition) is 1. The first-order valence-corrected chi connectivity index (χ1v) is 7.01. The van der Waals surface area contributed by atoms with Crippen LogP contribution in [0, 0.1) is 10.8 Å². The van der Waals surface area contributed by atoms with Crippen molar-refractivity contribution in [2.75, 3.05) is 19.6 Å². The van der Waals surface area contributed by atoms with Crippen LogP contribution in [0.25, 0.3) is 0 Å². The van der Waals surface area contributed by atoms with Crippen molar-refractivity contribution in [1.29, 1.82) is 0 Å². The zero-order valence-corrected chi connectivity index (χ0v) is 12.1. The Bertz CT molecular complexity index is 192. The van der Waals surface area contributed by atoms with E-state index in [0.717, 1.165) is 0 Å². The molecule has 0 radical (unpaired) electrons. The molecule has 96 valence electrons. The molecule has 0 unspecified atom stereocenters. The van der Waals surface area contributed by atoms with Crippen LogP contribution in [-0.4, -0.2) is 24.5 Å². The van der Waals surface area contributed by atoms with Crippen LogP contribution in [0.4, 0.5) is 0 Å². The number of rotatable bonds is 3. The molecule has 1 nitrogen and oxygen atoms in total. The van der Waals surface area contributed by atoms with Gasteiger partial charge in [0, 0.05) is 6.54 Å². The van der Waals surface area contributed by atoms with Crippen LogP contribution in [-0.2, 0) is 0 Å². The van der Waals surface area contributed by atoms with E-state index in [4.69, 9.17) is 0 Å². The third kappa shape index (κ3) is 5.89. The van der Waals surface area contributed by atoms with Gasteiger partial charge >= 0.3 is 0 Å². The molecular weight excluding hydrogens is 194 g/mol. The predicted molar refractivity (Wildman–Crippen MR) is 72.8 cm³/mol. The zero-order valence-electron chi connectivity index (χ0n) is 12.1. The Balaban J connectivity index is 2.43. The second-order valence-corrected chi connectivity index (χ2v) is 7.59. The monoisotopic (exact) mass is 225 g/mol. The Morgan fingerprint density at radius 2 is 1.31 bits per heavy atom. The molecule has 1 rings (SSSR count). The van der Waals surface area contributed by atoms with E-state index in [0.29, 0.717) is 10.8 Å². The summed E-state index contributed by atoms with van der Waals surface area (Å²) in [6, 6.07) is 0. The molecule has 0 saturated carbocycles. The minimum atomic E-state index is 0.454. The lowest BCUT2D eigenvalue weighted by atomic mass is 9.76. The Labute approximate surface area is 103 Å². The van der Waals surface area contributed by atoms with Crippen molar-refractivity contribution in [2.24, 2.45) is 10.8 Å². The predicted octanol–water partition coefficient (Wildman–Crippen LogP) is 4.32. The van der Waals surface area contributed by atoms with Crippen LogP contribution in [0.2, 0.25) is 0 Å². The maximum absolute atomic E-state index is 2.69. The number of likely N-dealkylation sites (tertiary alicyclic amines) is 1. The summed E-state index contributed by atoms with van der Waals surface area (Å²) < 4.78 is 0. The van der Waals surface area contributed by atoms with Gasteiger partial charge in [-0.25, -0.2) is 0 Å². The molecule has 0 aromatic heterocycles. The Kier molecular flexibility index (Phi) is 4.85. The molecule has 1 saturated heterocycles. The Morgan fingerprint density at radius 3 is 1.75 bits per heavy atom. The lowest BCUT2D eigenvalue weighted by Crippen LogP contribution is -2.37. The molecule has 0 N–H and O–H groups in total. The van der Waals surface area contributed by atoms with Crippen LogP contribution in [0.5, 0.6) is 0 Å². The summed E-state index contributed by atoms with van der Waals surface area (Å²) in [5.41, 5.74) is 0.915. The van der Waals surface area contributed by atoms with Gasteiger partial charge in [0.05, 0.1) is 0 Å². The van der Waals surface area contributed by atoms with Gasteiger partial charge in [-0.2, -0.15) is 0 Å². The van der Waals surface area contributed by atoms with E-state index < -0.39 is 0 Å². The van der Waals surface area contributed by atoms with Gasteiger partial charge in [0.25, 0.3) is 0 Å². The average molecular weight is 225 g/mol. The van der Waals surface area contributed by atoms with E-state index >= 15 is 0 Å². The molecule has 1 aliphatic heterocycles. The molecule has 1 fully saturated rings. The van der Waals surface area contributed by atoms with Gasteiger partial charge in [-0.05, 0) is 43.2 Å². The quantitative estimate of drug-likeness (QED) is 0.691. The van der Waals surface area contributed by atoms with Crippen LogP contribution >= 0.6 is 0 Å². The second kappa shape index (κ2) is 5.53. The average Bonchev–Trinajstić information content (AvgIpc) is 2.26. The Hall–Kier alpha value is -0.0400. The lowest BCUT2D eigenvalue weighted by molar-refractivity contribution is 0.132. The van der Waals surface area contributed by atoms with E-state index in [1.165, 1.54) is 51.7 Å². The fourth-order valence-electron chi connectivity index (χ4n) is 3.39. The molecule has 0 amide bonds. The smallest absolute Gasteiger partial charge is 0.00329 e. The largest absolute Gasteiger partial charge is 0.303 e. The van der Waals surface area contributed by atoms with Gasteiger partial charge < -0.3 is 4.90 Å². The summed E-state index contributed by atoms with van der Waals surface area (Å²) in [6.07, 6.45) is 7.01. The van der Waals surface area contributed by atoms with Crippen molar-refractivity contribution in [3.05, 3.63) is 0 Å². The molecule has 16 heavy (non-hydrogen) atoms. The molecule has 0 spiro atoms. The SMILES string of the molecule is CC(C)(C)CC(C)(C)CN1CCCCCC1. The van der Waals surface area contributed by atoms with Gasteiger partial charge in [0.1, 0.15) is 0 Å². The van der Waals surface area contributed by atoms with Crippen molar-refractivity contribution in [3.8, 4) is 0 Å². The van der Waals surface area contributed by atoms with E-state index in [1.807, 2.05) is 0 Å². The summed E-state index contributed by atoms with van der Waals surface area (Å²) in [7, 11) is 0. The van der Waals surface area contributed by atoms with Crippen LogP contribution in [0.15, 0.2) is 0 Å². The molecule has 0 bridgehead atoms. The molecular formula is C15H31N. The molecule has 0 aromatic carbocycles. The van der Waals surface area contributed by atoms with Crippen molar-refractivity contribution in [1.82, 2.24) is 4.90 Å². The van der Waals surface area contributed by atoms with Crippen molar-refractivity contribution >= 4 is 0 Å². The summed E-state index contributed by atoms with van der Waals surface area (Å²) in [4.78, 5) is 2.69. The number of hydrogen-bond donors (Lipinski definition) is 0. The van der Waals surface area contributed by atoms with Crippen molar-refractivity contribution < 1.29 is 0 Å². The zero-order chi connectivity index (χ0) is 12.2. The minimum absolute atomic E-state index is 0.454. The standard InChI is InChI=1S/C15H31N/c1-14(2,3)12-15(4,5)13-16-10-8-6-7-9-11-16/h6-13H2,1-5H3. The molecule has 1 heteroatoms. The Morgan fingerprint density at radius 1 is 0.812 bits per heavy atom. The lowest BCUT2D eigenvalue weighted by Gasteiger charge is -2.36. The fourth-order valence-corrected chi connectivity index (χ4v) is 3.39. The summed E-state index contributed by atoms with van der Waals surface area (Å²) in [6.45, 7) is 15.9. The van der Waals surface area contributed by atoms with Gasteiger partial charge in [0.2, 0.25) is 0 Å². The third-order valence-corrected chi connectivity index (χ3v) is 3.36. The van der Waals surface area contributed by atoms with E-state index in [9.17, 15) is 0 Å². The summed E-state index contributed by atoms with van der Waals surface area (Å²) in [5, 5.41) is 0. The normalized spacial score (nSPS) is 20.8. The maximum atomic E-state index is 2.69. The van der Waals surface area contributed by atoms with E-state index in [2.05, 4.69) is 39.5 Å².